The van der Waals surface area contributed by atoms with E-state index in [0.29, 0.717) is 5.76 Å². The van der Waals surface area contributed by atoms with Crippen molar-refractivity contribution < 1.29 is 23.8 Å². The normalized spacial score (nSPS) is 11.2. The average Bonchev–Trinajstić information content (AvgIpc) is 2.65. The van der Waals surface area contributed by atoms with Crippen molar-refractivity contribution in [1.29, 1.82) is 0 Å². The van der Waals surface area contributed by atoms with Gasteiger partial charge in [-0.05, 0) is 26.0 Å². The van der Waals surface area contributed by atoms with Crippen LogP contribution in [0.4, 0.5) is 0 Å². The van der Waals surface area contributed by atoms with E-state index < -0.39 is 17.5 Å². The van der Waals surface area contributed by atoms with Crippen molar-refractivity contribution in [2.24, 2.45) is 0 Å². The lowest BCUT2D eigenvalue weighted by Crippen LogP contribution is -2.15. The van der Waals surface area contributed by atoms with Gasteiger partial charge in [0.05, 0.1) is 6.61 Å². The molecule has 0 saturated heterocycles. The highest BCUT2D eigenvalue weighted by atomic mass is 16.5. The number of aliphatic hydroxyl groups is 1. The van der Waals surface area contributed by atoms with Gasteiger partial charge in [-0.3, -0.25) is 4.79 Å². The summed E-state index contributed by atoms with van der Waals surface area (Å²) in [5.74, 6) is -1.59. The highest BCUT2D eigenvalue weighted by Crippen LogP contribution is 2.14. The molecule has 0 aromatic carbocycles. The number of hydrogen-bond acceptors (Lipinski definition) is 5. The Morgan fingerprint density at radius 1 is 1.50 bits per heavy atom. The fourth-order valence-electron chi connectivity index (χ4n) is 1.03. The van der Waals surface area contributed by atoms with Crippen molar-refractivity contribution in [2.45, 2.75) is 13.8 Å². The van der Waals surface area contributed by atoms with E-state index in [1.165, 1.54) is 6.07 Å². The van der Waals surface area contributed by atoms with Gasteiger partial charge >= 0.3 is 5.97 Å². The van der Waals surface area contributed by atoms with E-state index in [1.807, 2.05) is 0 Å². The minimum absolute atomic E-state index is 0.110. The molecule has 1 heterocycles. The molecular formula is C11H12O5. The van der Waals surface area contributed by atoms with Gasteiger partial charge < -0.3 is 14.3 Å². The number of aryl methyl sites for hydroxylation is 1. The molecular weight excluding hydrogens is 212 g/mol. The molecule has 1 aromatic rings. The number of carbonyl (C=O) groups excluding carboxylic acids is 2. The van der Waals surface area contributed by atoms with Gasteiger partial charge in [-0.25, -0.2) is 4.79 Å². The molecule has 0 spiro atoms. The quantitative estimate of drug-likeness (QED) is 0.364. The maximum atomic E-state index is 11.2. The van der Waals surface area contributed by atoms with Crippen LogP contribution in [0.3, 0.4) is 0 Å². The third kappa shape index (κ3) is 2.98. The summed E-state index contributed by atoms with van der Waals surface area (Å²) in [4.78, 5) is 22.1. The lowest BCUT2D eigenvalue weighted by atomic mass is 10.3. The standard InChI is InChI=1S/C11H12O5/c1-3-15-11(14)9(13)6-8(12)10-5-4-7(2)16-10/h4-6,12H,3H2,1-2H3/b8-6-. The second kappa shape index (κ2) is 5.16. The maximum absolute atomic E-state index is 11.2. The number of ketones is 1. The minimum atomic E-state index is -1.00. The van der Waals surface area contributed by atoms with Gasteiger partial charge in [0, 0.05) is 6.08 Å². The topological polar surface area (TPSA) is 76.7 Å². The Bertz CT molecular complexity index is 427. The Morgan fingerprint density at radius 2 is 2.19 bits per heavy atom. The Morgan fingerprint density at radius 3 is 2.69 bits per heavy atom. The molecule has 86 valence electrons. The number of aliphatic hydroxyl groups excluding tert-OH is 1. The van der Waals surface area contributed by atoms with E-state index in [9.17, 15) is 14.7 Å². The van der Waals surface area contributed by atoms with Crippen LogP contribution in [0.15, 0.2) is 22.6 Å². The number of carbonyl (C=O) groups is 2. The van der Waals surface area contributed by atoms with Crippen LogP contribution in [0.25, 0.3) is 5.76 Å². The summed E-state index contributed by atoms with van der Waals surface area (Å²) in [6.45, 7) is 3.40. The summed E-state index contributed by atoms with van der Waals surface area (Å²) in [5.41, 5.74) is 0. The summed E-state index contributed by atoms with van der Waals surface area (Å²) in [5, 5.41) is 9.46. The molecule has 0 unspecified atom stereocenters. The zero-order valence-electron chi connectivity index (χ0n) is 9.02. The van der Waals surface area contributed by atoms with E-state index in [2.05, 4.69) is 4.74 Å². The summed E-state index contributed by atoms with van der Waals surface area (Å²) < 4.78 is 9.53. The van der Waals surface area contributed by atoms with Gasteiger partial charge in [0.1, 0.15) is 5.76 Å². The number of ether oxygens (including phenoxy) is 1. The summed E-state index contributed by atoms with van der Waals surface area (Å²) in [6.07, 6.45) is 0.774. The second-order valence-corrected chi connectivity index (χ2v) is 3.02. The zero-order valence-corrected chi connectivity index (χ0v) is 9.02. The summed E-state index contributed by atoms with van der Waals surface area (Å²) >= 11 is 0. The van der Waals surface area contributed by atoms with Crippen LogP contribution in [-0.4, -0.2) is 23.5 Å². The van der Waals surface area contributed by atoms with Crippen LogP contribution >= 0.6 is 0 Å². The van der Waals surface area contributed by atoms with Crippen LogP contribution in [0.2, 0.25) is 0 Å². The number of hydrogen-bond donors (Lipinski definition) is 1. The van der Waals surface area contributed by atoms with Crippen LogP contribution in [0.5, 0.6) is 0 Å². The number of furan rings is 1. The van der Waals surface area contributed by atoms with Crippen molar-refractivity contribution in [3.8, 4) is 0 Å². The van der Waals surface area contributed by atoms with Crippen molar-refractivity contribution in [2.75, 3.05) is 6.61 Å². The molecule has 0 saturated carbocycles. The number of esters is 1. The molecule has 0 fully saturated rings. The molecule has 1 rings (SSSR count). The molecule has 1 N–H and O–H groups in total. The third-order valence-electron chi connectivity index (χ3n) is 1.74. The predicted molar refractivity (Wildman–Crippen MR) is 55.7 cm³/mol. The van der Waals surface area contributed by atoms with E-state index >= 15 is 0 Å². The van der Waals surface area contributed by atoms with Crippen LogP contribution in [-0.2, 0) is 14.3 Å². The number of rotatable bonds is 4. The van der Waals surface area contributed by atoms with Crippen molar-refractivity contribution >= 4 is 17.5 Å². The Kier molecular flexibility index (Phi) is 3.88. The maximum Gasteiger partial charge on any atom is 0.379 e. The smallest absolute Gasteiger partial charge is 0.379 e. The molecule has 16 heavy (non-hydrogen) atoms. The first-order valence-electron chi connectivity index (χ1n) is 4.73. The van der Waals surface area contributed by atoms with E-state index in [4.69, 9.17) is 4.42 Å². The molecule has 5 heteroatoms. The van der Waals surface area contributed by atoms with Crippen LogP contribution in [0, 0.1) is 6.92 Å². The monoisotopic (exact) mass is 224 g/mol. The molecule has 0 bridgehead atoms. The molecule has 0 amide bonds. The van der Waals surface area contributed by atoms with Crippen molar-refractivity contribution in [3.63, 3.8) is 0 Å². The fraction of sp³-hybridized carbons (Fsp3) is 0.273. The second-order valence-electron chi connectivity index (χ2n) is 3.02. The minimum Gasteiger partial charge on any atom is -0.504 e. The van der Waals surface area contributed by atoms with E-state index in [-0.39, 0.29) is 12.4 Å². The highest BCUT2D eigenvalue weighted by Gasteiger charge is 2.14. The van der Waals surface area contributed by atoms with Gasteiger partial charge in [-0.15, -0.1) is 0 Å². The lowest BCUT2D eigenvalue weighted by Gasteiger charge is -1.97. The van der Waals surface area contributed by atoms with Gasteiger partial charge in [0.15, 0.2) is 11.5 Å². The molecule has 5 nitrogen and oxygen atoms in total. The van der Waals surface area contributed by atoms with E-state index in [1.54, 1.807) is 19.9 Å². The van der Waals surface area contributed by atoms with Gasteiger partial charge in [-0.1, -0.05) is 0 Å². The predicted octanol–water partition coefficient (Wildman–Crippen LogP) is 1.62. The van der Waals surface area contributed by atoms with Crippen LogP contribution in [0.1, 0.15) is 18.4 Å². The molecule has 0 aliphatic carbocycles. The molecule has 1 aromatic heterocycles. The molecule has 0 aliphatic rings. The SMILES string of the molecule is CCOC(=O)C(=O)/C=C(\O)c1ccc(C)o1. The van der Waals surface area contributed by atoms with Crippen LogP contribution < -0.4 is 0 Å². The molecule has 0 radical (unpaired) electrons. The average molecular weight is 224 g/mol. The Labute approximate surface area is 92.3 Å². The third-order valence-corrected chi connectivity index (χ3v) is 1.74. The van der Waals surface area contributed by atoms with Gasteiger partial charge in [-0.2, -0.15) is 0 Å². The Hall–Kier alpha value is -2.04. The molecule has 0 atom stereocenters. The van der Waals surface area contributed by atoms with Gasteiger partial charge in [0.25, 0.3) is 5.78 Å². The van der Waals surface area contributed by atoms with E-state index in [0.717, 1.165) is 6.08 Å². The first-order valence-corrected chi connectivity index (χ1v) is 4.73. The first kappa shape index (κ1) is 12.0. The summed E-state index contributed by atoms with van der Waals surface area (Å²) in [7, 11) is 0. The largest absolute Gasteiger partial charge is 0.504 e. The van der Waals surface area contributed by atoms with Crippen molar-refractivity contribution in [1.82, 2.24) is 0 Å². The van der Waals surface area contributed by atoms with Crippen molar-refractivity contribution in [3.05, 3.63) is 29.7 Å². The Balaban J connectivity index is 2.77. The first-order chi connectivity index (χ1) is 7.54. The lowest BCUT2D eigenvalue weighted by molar-refractivity contribution is -0.151. The highest BCUT2D eigenvalue weighted by molar-refractivity contribution is 6.39. The summed E-state index contributed by atoms with van der Waals surface area (Å²) in [6, 6.07) is 3.13. The fourth-order valence-corrected chi connectivity index (χ4v) is 1.03. The molecule has 0 aliphatic heterocycles. The van der Waals surface area contributed by atoms with Gasteiger partial charge in [0.2, 0.25) is 0 Å². The zero-order chi connectivity index (χ0) is 12.1.